The lowest BCUT2D eigenvalue weighted by atomic mass is 10.2. The van der Waals surface area contributed by atoms with Crippen molar-refractivity contribution in [1.29, 1.82) is 0 Å². The largest absolute Gasteiger partial charge is 0.462 e. The van der Waals surface area contributed by atoms with Gasteiger partial charge in [0.1, 0.15) is 0 Å². The fraction of sp³-hybridized carbons (Fsp3) is 1.00. The van der Waals surface area contributed by atoms with E-state index in [-0.39, 0.29) is 0 Å². The van der Waals surface area contributed by atoms with Gasteiger partial charge in [0.2, 0.25) is 0 Å². The molecular weight excluding hydrogens is 949 g/mol. The molecule has 0 radical (unpaired) electrons. The molecule has 0 aliphatic carbocycles. The van der Waals surface area contributed by atoms with Crippen LogP contribution in [0.5, 0.6) is 0 Å². The van der Waals surface area contributed by atoms with Crippen molar-refractivity contribution in [2.75, 3.05) is 0 Å². The standard InChI is InChI=1S/C17HF35O5/c18-1(2(19,20)7(26,27)28)53-13(43,44)4(23,9(32,33)34)55-14(45,46)5(24,10(35,36)37)56-16(49,50)17(51,52)57-15(47,48)6(25,11(38,39)40)54-12(41,42)3(21,22)8(29,30)31/h1H. The van der Waals surface area contributed by atoms with Gasteiger partial charge in [0.15, 0.2) is 0 Å². The first kappa shape index (κ1) is 54.3. The average Bonchev–Trinajstić information content (AvgIpc) is 2.87. The molecule has 0 heterocycles. The molecule has 4 atom stereocenters. The molecule has 0 amide bonds. The summed E-state index contributed by atoms with van der Waals surface area (Å²) in [6.45, 7) is 0. The maximum atomic E-state index is 14.3. The van der Waals surface area contributed by atoms with Crippen molar-refractivity contribution in [1.82, 2.24) is 0 Å². The Morgan fingerprint density at radius 3 is 0.772 bits per heavy atom. The van der Waals surface area contributed by atoms with Crippen LogP contribution in [-0.2, 0) is 23.7 Å². The average molecular weight is 950 g/mol. The fourth-order valence-electron chi connectivity index (χ4n) is 2.43. The van der Waals surface area contributed by atoms with E-state index < -0.39 is 103 Å². The van der Waals surface area contributed by atoms with Gasteiger partial charge in [0.05, 0.1) is 0 Å². The molecule has 0 saturated carbocycles. The van der Waals surface area contributed by atoms with Gasteiger partial charge >= 0.3 is 96.9 Å². The molecule has 0 spiro atoms. The highest BCUT2D eigenvalue weighted by molar-refractivity contribution is 4.97. The number of hydrogen-bond acceptors (Lipinski definition) is 5. The second-order valence-corrected chi connectivity index (χ2v) is 9.41. The van der Waals surface area contributed by atoms with E-state index in [4.69, 9.17) is 0 Å². The summed E-state index contributed by atoms with van der Waals surface area (Å²) in [6, 6.07) is 0. The van der Waals surface area contributed by atoms with Gasteiger partial charge in [-0.2, -0.15) is 149 Å². The third kappa shape index (κ3) is 9.40. The second-order valence-electron chi connectivity index (χ2n) is 9.41. The summed E-state index contributed by atoms with van der Waals surface area (Å²) in [5.41, 5.74) is 0. The van der Waals surface area contributed by atoms with Gasteiger partial charge in [-0.15, -0.1) is 0 Å². The molecule has 0 aromatic heterocycles. The first-order valence-corrected chi connectivity index (χ1v) is 11.5. The zero-order valence-electron chi connectivity index (χ0n) is 23.8. The molecule has 0 saturated heterocycles. The van der Waals surface area contributed by atoms with Crippen LogP contribution in [-0.4, -0.2) is 103 Å². The van der Waals surface area contributed by atoms with Crippen LogP contribution in [0.3, 0.4) is 0 Å². The van der Waals surface area contributed by atoms with E-state index in [9.17, 15) is 154 Å². The van der Waals surface area contributed by atoms with Crippen molar-refractivity contribution in [3.05, 3.63) is 0 Å². The maximum absolute atomic E-state index is 14.3. The van der Waals surface area contributed by atoms with Gasteiger partial charge in [0.25, 0.3) is 6.36 Å². The SMILES string of the molecule is FC(OC(F)(F)C(F)(OC(F)(F)C(F)(OC(F)(F)C(F)(F)OC(F)(F)C(F)(OC(F)(F)C(F)(F)C(F)(F)F)C(F)(F)F)C(F)(F)F)C(F)(F)F)C(F)(F)C(F)(F)F. The highest BCUT2D eigenvalue weighted by Gasteiger charge is 2.89. The Balaban J connectivity index is 7.45. The number of rotatable bonds is 16. The second kappa shape index (κ2) is 14.2. The first-order chi connectivity index (χ1) is 24.0. The van der Waals surface area contributed by atoms with Crippen LogP contribution in [0.4, 0.5) is 154 Å². The summed E-state index contributed by atoms with van der Waals surface area (Å²) in [7, 11) is 0. The predicted octanol–water partition coefficient (Wildman–Crippen LogP) is 11.0. The molecule has 344 valence electrons. The van der Waals surface area contributed by atoms with Crippen LogP contribution < -0.4 is 0 Å². The molecule has 0 bridgehead atoms. The number of halogens is 35. The zero-order chi connectivity index (χ0) is 47.1. The van der Waals surface area contributed by atoms with E-state index in [0.717, 1.165) is 18.9 Å². The van der Waals surface area contributed by atoms with Crippen LogP contribution in [0.15, 0.2) is 0 Å². The Labute approximate surface area is 282 Å². The van der Waals surface area contributed by atoms with E-state index in [0.29, 0.717) is 0 Å². The Bertz CT molecular complexity index is 1390. The van der Waals surface area contributed by atoms with Gasteiger partial charge in [0, 0.05) is 0 Å². The van der Waals surface area contributed by atoms with Gasteiger partial charge in [-0.1, -0.05) is 0 Å². The first-order valence-electron chi connectivity index (χ1n) is 11.5. The van der Waals surface area contributed by atoms with Gasteiger partial charge in [-0.3, -0.25) is 18.9 Å². The molecule has 57 heavy (non-hydrogen) atoms. The van der Waals surface area contributed by atoms with Crippen molar-refractivity contribution < 1.29 is 177 Å². The molecular formula is C17HF35O5. The topological polar surface area (TPSA) is 46.2 Å². The molecule has 5 nitrogen and oxygen atoms in total. The minimum absolute atomic E-state index is 0.770. The molecule has 4 unspecified atom stereocenters. The lowest BCUT2D eigenvalue weighted by Crippen LogP contribution is -2.70. The van der Waals surface area contributed by atoms with Crippen LogP contribution in [0.1, 0.15) is 0 Å². The van der Waals surface area contributed by atoms with E-state index in [1.165, 1.54) is 4.74 Å². The third-order valence-electron chi connectivity index (χ3n) is 5.25. The lowest BCUT2D eigenvalue weighted by Gasteiger charge is -2.42. The van der Waals surface area contributed by atoms with Crippen LogP contribution in [0.25, 0.3) is 0 Å². The number of ether oxygens (including phenoxy) is 5. The molecule has 0 aliphatic heterocycles. The predicted molar refractivity (Wildman–Crippen MR) is 91.7 cm³/mol. The number of alkyl halides is 35. The third-order valence-corrected chi connectivity index (χ3v) is 5.25. The van der Waals surface area contributed by atoms with E-state index in [2.05, 4.69) is 0 Å². The maximum Gasteiger partial charge on any atom is 0.462 e. The minimum atomic E-state index is -9.27. The zero-order valence-corrected chi connectivity index (χ0v) is 23.8. The highest BCUT2D eigenvalue weighted by Crippen LogP contribution is 2.60. The van der Waals surface area contributed by atoms with Crippen molar-refractivity contribution in [3.63, 3.8) is 0 Å². The molecule has 0 N–H and O–H groups in total. The summed E-state index contributed by atoms with van der Waals surface area (Å²) in [5, 5.41) is 0. The van der Waals surface area contributed by atoms with Gasteiger partial charge in [-0.05, 0) is 0 Å². The quantitative estimate of drug-likeness (QED) is 0.144. The van der Waals surface area contributed by atoms with Crippen molar-refractivity contribution in [2.24, 2.45) is 0 Å². The summed E-state index contributed by atoms with van der Waals surface area (Å²) in [6.07, 6.45) is -102. The van der Waals surface area contributed by atoms with Crippen molar-refractivity contribution in [3.8, 4) is 0 Å². The summed E-state index contributed by atoms with van der Waals surface area (Å²) in [4.78, 5) is 0. The lowest BCUT2D eigenvalue weighted by molar-refractivity contribution is -0.596. The van der Waals surface area contributed by atoms with E-state index >= 15 is 0 Å². The fourth-order valence-corrected chi connectivity index (χ4v) is 2.43. The summed E-state index contributed by atoms with van der Waals surface area (Å²) >= 11 is 0. The Kier molecular flexibility index (Phi) is 13.6. The number of hydrogen-bond donors (Lipinski definition) is 0. The molecule has 0 aliphatic rings. The smallest absolute Gasteiger partial charge is 0.274 e. The Hall–Kier alpha value is -2.65. The highest BCUT2D eigenvalue weighted by atomic mass is 19.5. The Morgan fingerprint density at radius 1 is 0.246 bits per heavy atom. The molecule has 0 aromatic carbocycles. The molecule has 0 rings (SSSR count). The van der Waals surface area contributed by atoms with Crippen LogP contribution in [0.2, 0.25) is 0 Å². The van der Waals surface area contributed by atoms with E-state index in [1.54, 1.807) is 0 Å². The normalized spacial score (nSPS) is 19.8. The summed E-state index contributed by atoms with van der Waals surface area (Å²) in [5.74, 6) is -43.3. The molecule has 0 aromatic rings. The van der Waals surface area contributed by atoms with Gasteiger partial charge in [-0.25, -0.2) is 9.13 Å². The van der Waals surface area contributed by atoms with Crippen molar-refractivity contribution >= 4 is 0 Å². The minimum Gasteiger partial charge on any atom is -0.274 e. The molecule has 0 fully saturated rings. The van der Waals surface area contributed by atoms with Gasteiger partial charge < -0.3 is 0 Å². The monoisotopic (exact) mass is 950 g/mol. The van der Waals surface area contributed by atoms with E-state index in [1.807, 2.05) is 0 Å². The Morgan fingerprint density at radius 2 is 0.491 bits per heavy atom. The van der Waals surface area contributed by atoms with Crippen LogP contribution >= 0.6 is 0 Å². The van der Waals surface area contributed by atoms with Crippen LogP contribution in [0, 0.1) is 0 Å². The molecule has 40 heteroatoms. The summed E-state index contributed by atoms with van der Waals surface area (Å²) < 4.78 is 464. The van der Waals surface area contributed by atoms with Crippen molar-refractivity contribution in [2.45, 2.75) is 103 Å².